The van der Waals surface area contributed by atoms with Crippen LogP contribution in [0.1, 0.15) is 12.2 Å². The summed E-state index contributed by atoms with van der Waals surface area (Å²) in [6.07, 6.45) is 0.613. The molecule has 1 atom stereocenters. The Morgan fingerprint density at radius 2 is 2.28 bits per heavy atom. The topological polar surface area (TPSA) is 105 Å². The molecule has 0 radical (unpaired) electrons. The smallest absolute Gasteiger partial charge is 0.322 e. The summed E-state index contributed by atoms with van der Waals surface area (Å²) < 4.78 is 0. The summed E-state index contributed by atoms with van der Waals surface area (Å²) in [5.41, 5.74) is -0.778. The Labute approximate surface area is 103 Å². The second kappa shape index (κ2) is 3.73. The second-order valence-electron chi connectivity index (χ2n) is 4.53. The fourth-order valence-corrected chi connectivity index (χ4v) is 2.33. The van der Waals surface area contributed by atoms with Crippen molar-refractivity contribution in [3.8, 4) is 0 Å². The SMILES string of the molecule is Cn1nnc(CN2C(=O)NC3(CCNC3)C2=O)n1. The molecule has 3 heterocycles. The fraction of sp³-hybridized carbons (Fsp3) is 0.667. The van der Waals surface area contributed by atoms with Crippen LogP contribution in [0.2, 0.25) is 0 Å². The predicted molar refractivity (Wildman–Crippen MR) is 58.1 cm³/mol. The molecular formula is C9H13N7O2. The molecular weight excluding hydrogens is 238 g/mol. The summed E-state index contributed by atoms with van der Waals surface area (Å²) in [6.45, 7) is 1.26. The molecule has 3 amide bonds. The lowest BCUT2D eigenvalue weighted by Gasteiger charge is -2.18. The van der Waals surface area contributed by atoms with Crippen LogP contribution in [0.15, 0.2) is 0 Å². The normalized spacial score (nSPS) is 27.3. The molecule has 1 spiro atoms. The van der Waals surface area contributed by atoms with Crippen molar-refractivity contribution >= 4 is 11.9 Å². The van der Waals surface area contributed by atoms with Crippen LogP contribution in [0.5, 0.6) is 0 Å². The zero-order valence-corrected chi connectivity index (χ0v) is 9.88. The average molecular weight is 251 g/mol. The molecule has 1 unspecified atom stereocenters. The quantitative estimate of drug-likeness (QED) is 0.589. The van der Waals surface area contributed by atoms with Crippen molar-refractivity contribution in [2.45, 2.75) is 18.5 Å². The number of tetrazole rings is 1. The molecule has 0 saturated carbocycles. The molecule has 2 fully saturated rings. The van der Waals surface area contributed by atoms with Gasteiger partial charge in [-0.1, -0.05) is 0 Å². The lowest BCUT2D eigenvalue weighted by Crippen LogP contribution is -2.48. The van der Waals surface area contributed by atoms with E-state index in [1.54, 1.807) is 7.05 Å². The highest BCUT2D eigenvalue weighted by Gasteiger charge is 2.52. The van der Waals surface area contributed by atoms with E-state index < -0.39 is 11.6 Å². The number of nitrogens with one attached hydrogen (secondary N) is 2. The zero-order valence-electron chi connectivity index (χ0n) is 9.88. The molecule has 18 heavy (non-hydrogen) atoms. The van der Waals surface area contributed by atoms with Crippen LogP contribution in [-0.4, -0.2) is 55.7 Å². The van der Waals surface area contributed by atoms with E-state index in [-0.39, 0.29) is 12.5 Å². The van der Waals surface area contributed by atoms with Gasteiger partial charge in [-0.15, -0.1) is 10.2 Å². The molecule has 0 bridgehead atoms. The van der Waals surface area contributed by atoms with Gasteiger partial charge >= 0.3 is 6.03 Å². The van der Waals surface area contributed by atoms with E-state index in [0.29, 0.717) is 18.8 Å². The van der Waals surface area contributed by atoms with E-state index in [9.17, 15) is 9.59 Å². The molecule has 9 nitrogen and oxygen atoms in total. The number of imide groups is 1. The van der Waals surface area contributed by atoms with E-state index in [4.69, 9.17) is 0 Å². The Balaban J connectivity index is 1.80. The summed E-state index contributed by atoms with van der Waals surface area (Å²) in [7, 11) is 1.63. The van der Waals surface area contributed by atoms with Gasteiger partial charge in [0.15, 0.2) is 5.82 Å². The maximum absolute atomic E-state index is 12.3. The number of nitrogens with zero attached hydrogens (tertiary/aromatic N) is 5. The summed E-state index contributed by atoms with van der Waals surface area (Å²) in [5.74, 6) is 0.133. The Hall–Kier alpha value is -2.03. The van der Waals surface area contributed by atoms with E-state index in [2.05, 4.69) is 26.0 Å². The van der Waals surface area contributed by atoms with Gasteiger partial charge in [0.05, 0.1) is 13.6 Å². The van der Waals surface area contributed by atoms with E-state index >= 15 is 0 Å². The van der Waals surface area contributed by atoms with Crippen LogP contribution in [0.4, 0.5) is 4.79 Å². The molecule has 2 aliphatic heterocycles. The van der Waals surface area contributed by atoms with Crippen LogP contribution in [0.25, 0.3) is 0 Å². The lowest BCUT2D eigenvalue weighted by atomic mass is 9.99. The van der Waals surface area contributed by atoms with Gasteiger partial charge in [0.2, 0.25) is 0 Å². The third-order valence-electron chi connectivity index (χ3n) is 3.25. The Morgan fingerprint density at radius 1 is 1.44 bits per heavy atom. The van der Waals surface area contributed by atoms with E-state index in [1.165, 1.54) is 4.80 Å². The molecule has 0 aliphatic carbocycles. The maximum Gasteiger partial charge on any atom is 0.325 e. The number of aryl methyl sites for hydroxylation is 1. The molecule has 2 saturated heterocycles. The first-order valence-electron chi connectivity index (χ1n) is 5.68. The number of rotatable bonds is 2. The van der Waals surface area contributed by atoms with E-state index in [1.807, 2.05) is 0 Å². The molecule has 9 heteroatoms. The number of carbonyl (C=O) groups excluding carboxylic acids is 2. The zero-order chi connectivity index (χ0) is 12.8. The number of carbonyl (C=O) groups is 2. The first-order chi connectivity index (χ1) is 8.61. The third kappa shape index (κ3) is 1.55. The van der Waals surface area contributed by atoms with Crippen molar-refractivity contribution in [1.82, 2.24) is 35.7 Å². The fourth-order valence-electron chi connectivity index (χ4n) is 2.33. The van der Waals surface area contributed by atoms with Gasteiger partial charge in [0.1, 0.15) is 5.54 Å². The standard InChI is InChI=1S/C9H13N7O2/c1-15-13-6(12-14-15)4-16-7(17)9(11-8(16)18)2-3-10-5-9/h10H,2-5H2,1H3,(H,11,18). The first kappa shape index (κ1) is 11.1. The molecule has 2 N–H and O–H groups in total. The minimum Gasteiger partial charge on any atom is -0.322 e. The number of aromatic nitrogens is 4. The Kier molecular flexibility index (Phi) is 2.30. The molecule has 1 aromatic rings. The van der Waals surface area contributed by atoms with Gasteiger partial charge < -0.3 is 10.6 Å². The Morgan fingerprint density at radius 3 is 2.89 bits per heavy atom. The van der Waals surface area contributed by atoms with Gasteiger partial charge in [-0.05, 0) is 18.2 Å². The highest BCUT2D eigenvalue weighted by Crippen LogP contribution is 2.24. The van der Waals surface area contributed by atoms with Gasteiger partial charge in [0.25, 0.3) is 5.91 Å². The van der Waals surface area contributed by atoms with Gasteiger partial charge in [0, 0.05) is 6.54 Å². The Bertz CT molecular complexity index is 505. The molecule has 3 rings (SSSR count). The van der Waals surface area contributed by atoms with Gasteiger partial charge in [-0.3, -0.25) is 9.69 Å². The number of amides is 3. The second-order valence-corrected chi connectivity index (χ2v) is 4.53. The average Bonchev–Trinajstić information content (AvgIpc) is 2.99. The van der Waals surface area contributed by atoms with Crippen molar-refractivity contribution < 1.29 is 9.59 Å². The highest BCUT2D eigenvalue weighted by molar-refractivity contribution is 6.07. The number of hydrogen-bond acceptors (Lipinski definition) is 6. The minimum absolute atomic E-state index is 0.0558. The van der Waals surface area contributed by atoms with Crippen molar-refractivity contribution in [2.75, 3.05) is 13.1 Å². The summed E-state index contributed by atoms with van der Waals surface area (Å²) >= 11 is 0. The summed E-state index contributed by atoms with van der Waals surface area (Å²) in [5, 5.41) is 17.2. The maximum atomic E-state index is 12.3. The van der Waals surface area contributed by atoms with Crippen LogP contribution in [0.3, 0.4) is 0 Å². The highest BCUT2D eigenvalue weighted by atomic mass is 16.2. The molecule has 1 aromatic heterocycles. The van der Waals surface area contributed by atoms with Crippen molar-refractivity contribution in [1.29, 1.82) is 0 Å². The van der Waals surface area contributed by atoms with Crippen LogP contribution >= 0.6 is 0 Å². The van der Waals surface area contributed by atoms with Gasteiger partial charge in [-0.25, -0.2) is 4.79 Å². The number of hydrogen-bond donors (Lipinski definition) is 2. The minimum atomic E-state index is -0.778. The van der Waals surface area contributed by atoms with Crippen LogP contribution in [-0.2, 0) is 18.4 Å². The van der Waals surface area contributed by atoms with Crippen LogP contribution in [0, 0.1) is 0 Å². The molecule has 2 aliphatic rings. The monoisotopic (exact) mass is 251 g/mol. The van der Waals surface area contributed by atoms with E-state index in [0.717, 1.165) is 11.4 Å². The van der Waals surface area contributed by atoms with Crippen LogP contribution < -0.4 is 10.6 Å². The molecule has 96 valence electrons. The van der Waals surface area contributed by atoms with Crippen molar-refractivity contribution in [2.24, 2.45) is 7.05 Å². The summed E-state index contributed by atoms with van der Waals surface area (Å²) in [6, 6.07) is -0.392. The predicted octanol–water partition coefficient (Wildman–Crippen LogP) is -2.01. The lowest BCUT2D eigenvalue weighted by molar-refractivity contribution is -0.131. The third-order valence-corrected chi connectivity index (χ3v) is 3.25. The van der Waals surface area contributed by atoms with Crippen molar-refractivity contribution in [3.63, 3.8) is 0 Å². The number of urea groups is 1. The summed E-state index contributed by atoms with van der Waals surface area (Å²) in [4.78, 5) is 26.5. The van der Waals surface area contributed by atoms with Crippen molar-refractivity contribution in [3.05, 3.63) is 5.82 Å². The largest absolute Gasteiger partial charge is 0.325 e. The van der Waals surface area contributed by atoms with Gasteiger partial charge in [-0.2, -0.15) is 4.80 Å². The molecule has 0 aromatic carbocycles. The first-order valence-corrected chi connectivity index (χ1v) is 5.68.